The SMILES string of the molecule is C=CC1CC(C)CC(C)C1F. The summed E-state index contributed by atoms with van der Waals surface area (Å²) in [5, 5.41) is 0. The van der Waals surface area contributed by atoms with E-state index in [2.05, 4.69) is 13.5 Å². The minimum Gasteiger partial charge on any atom is -0.247 e. The van der Waals surface area contributed by atoms with Crippen LogP contribution >= 0.6 is 0 Å². The number of hydrogen-bond donors (Lipinski definition) is 0. The quantitative estimate of drug-likeness (QED) is 0.511. The van der Waals surface area contributed by atoms with Gasteiger partial charge in [0.05, 0.1) is 0 Å². The molecule has 0 amide bonds. The Bertz CT molecular complexity index is 142. The first-order chi connectivity index (χ1) is 5.15. The summed E-state index contributed by atoms with van der Waals surface area (Å²) in [4.78, 5) is 0. The van der Waals surface area contributed by atoms with E-state index >= 15 is 0 Å². The molecule has 0 N–H and O–H groups in total. The Hall–Kier alpha value is -0.330. The van der Waals surface area contributed by atoms with Crippen molar-refractivity contribution >= 4 is 0 Å². The van der Waals surface area contributed by atoms with Crippen LogP contribution in [0.4, 0.5) is 4.39 Å². The topological polar surface area (TPSA) is 0 Å². The highest BCUT2D eigenvalue weighted by molar-refractivity contribution is 4.92. The van der Waals surface area contributed by atoms with Crippen LogP contribution in [0.2, 0.25) is 0 Å². The van der Waals surface area contributed by atoms with Crippen LogP contribution in [0.25, 0.3) is 0 Å². The molecule has 1 heteroatoms. The third-order valence-electron chi connectivity index (χ3n) is 2.70. The number of halogens is 1. The molecule has 1 fully saturated rings. The largest absolute Gasteiger partial charge is 0.247 e. The zero-order chi connectivity index (χ0) is 8.43. The Balaban J connectivity index is 2.58. The van der Waals surface area contributed by atoms with Gasteiger partial charge in [-0.2, -0.15) is 0 Å². The molecule has 0 aromatic heterocycles. The molecule has 1 saturated carbocycles. The maximum Gasteiger partial charge on any atom is 0.109 e. The van der Waals surface area contributed by atoms with Gasteiger partial charge in [-0.3, -0.25) is 0 Å². The summed E-state index contributed by atoms with van der Waals surface area (Å²) in [5.74, 6) is 0.996. The molecule has 4 unspecified atom stereocenters. The van der Waals surface area contributed by atoms with Gasteiger partial charge in [-0.15, -0.1) is 6.58 Å². The first kappa shape index (κ1) is 8.76. The first-order valence-corrected chi connectivity index (χ1v) is 4.41. The van der Waals surface area contributed by atoms with Crippen LogP contribution in [0.1, 0.15) is 26.7 Å². The van der Waals surface area contributed by atoms with E-state index in [-0.39, 0.29) is 11.8 Å². The van der Waals surface area contributed by atoms with Gasteiger partial charge in [-0.25, -0.2) is 4.39 Å². The van der Waals surface area contributed by atoms with Crippen molar-refractivity contribution in [2.45, 2.75) is 32.9 Å². The van der Waals surface area contributed by atoms with Crippen LogP contribution in [0.15, 0.2) is 12.7 Å². The number of hydrogen-bond acceptors (Lipinski definition) is 0. The Morgan fingerprint density at radius 1 is 1.36 bits per heavy atom. The van der Waals surface area contributed by atoms with Gasteiger partial charge in [0.2, 0.25) is 0 Å². The molecule has 0 aromatic rings. The van der Waals surface area contributed by atoms with E-state index in [1.807, 2.05) is 6.92 Å². The fourth-order valence-corrected chi connectivity index (χ4v) is 2.10. The smallest absolute Gasteiger partial charge is 0.109 e. The van der Waals surface area contributed by atoms with E-state index < -0.39 is 6.17 Å². The van der Waals surface area contributed by atoms with Gasteiger partial charge < -0.3 is 0 Å². The van der Waals surface area contributed by atoms with Crippen molar-refractivity contribution in [1.82, 2.24) is 0 Å². The molecule has 0 saturated heterocycles. The molecule has 0 aromatic carbocycles. The second kappa shape index (κ2) is 3.38. The molecule has 1 aliphatic carbocycles. The Kier molecular flexibility index (Phi) is 2.69. The zero-order valence-corrected chi connectivity index (χ0v) is 7.39. The molecular weight excluding hydrogens is 139 g/mol. The van der Waals surface area contributed by atoms with Crippen molar-refractivity contribution < 1.29 is 4.39 Å². The monoisotopic (exact) mass is 156 g/mol. The Morgan fingerprint density at radius 3 is 2.55 bits per heavy atom. The van der Waals surface area contributed by atoms with Gasteiger partial charge in [-0.1, -0.05) is 19.9 Å². The van der Waals surface area contributed by atoms with Crippen LogP contribution in [0.5, 0.6) is 0 Å². The fourth-order valence-electron chi connectivity index (χ4n) is 2.10. The average Bonchev–Trinajstić information content (AvgIpc) is 1.96. The Labute approximate surface area is 68.5 Å². The molecule has 0 nitrogen and oxygen atoms in total. The van der Waals surface area contributed by atoms with Crippen LogP contribution in [0.3, 0.4) is 0 Å². The maximum atomic E-state index is 13.3. The van der Waals surface area contributed by atoms with Crippen LogP contribution in [-0.2, 0) is 0 Å². The van der Waals surface area contributed by atoms with Gasteiger partial charge in [0.15, 0.2) is 0 Å². The van der Waals surface area contributed by atoms with Crippen molar-refractivity contribution in [2.75, 3.05) is 0 Å². The van der Waals surface area contributed by atoms with E-state index in [0.29, 0.717) is 5.92 Å². The van der Waals surface area contributed by atoms with E-state index in [1.165, 1.54) is 0 Å². The van der Waals surface area contributed by atoms with Crippen molar-refractivity contribution in [3.63, 3.8) is 0 Å². The average molecular weight is 156 g/mol. The number of allylic oxidation sites excluding steroid dienone is 1. The summed E-state index contributed by atoms with van der Waals surface area (Å²) < 4.78 is 13.3. The first-order valence-electron chi connectivity index (χ1n) is 4.41. The standard InChI is InChI=1S/C10H17F/c1-4-9-6-7(2)5-8(3)10(9)11/h4,7-10H,1,5-6H2,2-3H3. The van der Waals surface area contributed by atoms with Gasteiger partial charge in [-0.05, 0) is 24.7 Å². The van der Waals surface area contributed by atoms with Crippen LogP contribution in [-0.4, -0.2) is 6.17 Å². The summed E-state index contributed by atoms with van der Waals surface area (Å²) in [7, 11) is 0. The summed E-state index contributed by atoms with van der Waals surface area (Å²) in [6, 6.07) is 0. The summed E-state index contributed by atoms with van der Waals surface area (Å²) in [6.45, 7) is 7.85. The second-order valence-corrected chi connectivity index (χ2v) is 3.90. The zero-order valence-electron chi connectivity index (χ0n) is 7.39. The predicted octanol–water partition coefficient (Wildman–Crippen LogP) is 3.19. The third-order valence-corrected chi connectivity index (χ3v) is 2.70. The minimum atomic E-state index is -0.649. The molecule has 64 valence electrons. The van der Waals surface area contributed by atoms with Crippen molar-refractivity contribution in [3.8, 4) is 0 Å². The molecule has 0 bridgehead atoms. The number of alkyl halides is 1. The predicted molar refractivity (Wildman–Crippen MR) is 46.1 cm³/mol. The van der Waals surface area contributed by atoms with Crippen LogP contribution < -0.4 is 0 Å². The highest BCUT2D eigenvalue weighted by Crippen LogP contribution is 2.35. The van der Waals surface area contributed by atoms with E-state index in [0.717, 1.165) is 12.8 Å². The molecule has 0 aliphatic heterocycles. The lowest BCUT2D eigenvalue weighted by Crippen LogP contribution is -2.30. The molecule has 4 atom stereocenters. The minimum absolute atomic E-state index is 0.105. The summed E-state index contributed by atoms with van der Waals surface area (Å²) >= 11 is 0. The maximum absolute atomic E-state index is 13.3. The third kappa shape index (κ3) is 1.82. The number of rotatable bonds is 1. The van der Waals surface area contributed by atoms with Gasteiger partial charge in [0, 0.05) is 5.92 Å². The van der Waals surface area contributed by atoms with Crippen molar-refractivity contribution in [3.05, 3.63) is 12.7 Å². The second-order valence-electron chi connectivity index (χ2n) is 3.90. The van der Waals surface area contributed by atoms with Gasteiger partial charge in [0.25, 0.3) is 0 Å². The van der Waals surface area contributed by atoms with Gasteiger partial charge in [0.1, 0.15) is 6.17 Å². The lowest BCUT2D eigenvalue weighted by molar-refractivity contribution is 0.105. The molecule has 0 heterocycles. The molecule has 0 radical (unpaired) electrons. The lowest BCUT2D eigenvalue weighted by Gasteiger charge is -2.33. The van der Waals surface area contributed by atoms with E-state index in [9.17, 15) is 4.39 Å². The highest BCUT2D eigenvalue weighted by atomic mass is 19.1. The molecule has 0 spiro atoms. The van der Waals surface area contributed by atoms with Crippen molar-refractivity contribution in [2.24, 2.45) is 17.8 Å². The summed E-state index contributed by atoms with van der Waals surface area (Å²) in [5.41, 5.74) is 0. The van der Waals surface area contributed by atoms with Crippen LogP contribution in [0, 0.1) is 17.8 Å². The normalized spacial score (nSPS) is 45.4. The molecule has 11 heavy (non-hydrogen) atoms. The highest BCUT2D eigenvalue weighted by Gasteiger charge is 2.31. The lowest BCUT2D eigenvalue weighted by atomic mass is 9.75. The molecular formula is C10H17F. The van der Waals surface area contributed by atoms with Crippen molar-refractivity contribution in [1.29, 1.82) is 0 Å². The van der Waals surface area contributed by atoms with Gasteiger partial charge >= 0.3 is 0 Å². The van der Waals surface area contributed by atoms with E-state index in [4.69, 9.17) is 0 Å². The summed E-state index contributed by atoms with van der Waals surface area (Å²) in [6.07, 6.45) is 3.14. The molecule has 1 aliphatic rings. The fraction of sp³-hybridized carbons (Fsp3) is 0.800. The van der Waals surface area contributed by atoms with E-state index in [1.54, 1.807) is 6.08 Å². The molecule has 1 rings (SSSR count). The Morgan fingerprint density at radius 2 is 2.00 bits per heavy atom.